The molecule has 0 bridgehead atoms. The Bertz CT molecular complexity index is 1370. The highest BCUT2D eigenvalue weighted by Crippen LogP contribution is 2.50. The third kappa shape index (κ3) is 6.30. The van der Waals surface area contributed by atoms with Gasteiger partial charge in [-0.05, 0) is 92.8 Å². The summed E-state index contributed by atoms with van der Waals surface area (Å²) < 4.78 is 16.6. The van der Waals surface area contributed by atoms with E-state index in [-0.39, 0.29) is 23.1 Å². The largest absolute Gasteiger partial charge is 0.480 e. The first-order chi connectivity index (χ1) is 20.9. The highest BCUT2D eigenvalue weighted by atomic mass is 19.1. The molecule has 3 heterocycles. The van der Waals surface area contributed by atoms with Gasteiger partial charge >= 0.3 is 5.97 Å². The zero-order valence-corrected chi connectivity index (χ0v) is 25.8. The normalized spacial score (nSPS) is 23.7. The Hall–Kier alpha value is -3.03. The number of hydrogen-bond donors (Lipinski definition) is 1. The Balaban J connectivity index is 1.15. The minimum atomic E-state index is -0.694. The molecule has 1 saturated carbocycles. The molecule has 2 saturated heterocycles. The van der Waals surface area contributed by atoms with Crippen molar-refractivity contribution in [1.29, 1.82) is 0 Å². The molecule has 0 spiro atoms. The number of benzene rings is 2. The molecule has 6 rings (SSSR count). The number of aromatic nitrogens is 2. The number of halogens is 1. The molecule has 3 aliphatic rings. The molecule has 0 amide bonds. The lowest BCUT2D eigenvalue weighted by Crippen LogP contribution is -2.55. The summed E-state index contributed by atoms with van der Waals surface area (Å²) in [5.41, 5.74) is 4.65. The van der Waals surface area contributed by atoms with Gasteiger partial charge in [0, 0.05) is 50.1 Å². The topological polar surface area (TPSA) is 61.6 Å². The van der Waals surface area contributed by atoms with Crippen LogP contribution < -0.4 is 0 Å². The molecule has 1 aromatic heterocycles. The van der Waals surface area contributed by atoms with E-state index in [2.05, 4.69) is 64.7 Å². The number of nitrogens with zero attached hydrogens (tertiary/aromatic N) is 4. The van der Waals surface area contributed by atoms with E-state index in [1.54, 1.807) is 12.1 Å². The number of hydrogen-bond acceptors (Lipinski definition) is 4. The Morgan fingerprint density at radius 2 is 1.81 bits per heavy atom. The third-order valence-electron chi connectivity index (χ3n) is 10.9. The highest BCUT2D eigenvalue weighted by molar-refractivity contribution is 5.75. The van der Waals surface area contributed by atoms with Gasteiger partial charge in [-0.3, -0.25) is 14.4 Å². The Morgan fingerprint density at radius 1 is 1.05 bits per heavy atom. The van der Waals surface area contributed by atoms with Crippen molar-refractivity contribution in [2.45, 2.75) is 83.2 Å². The summed E-state index contributed by atoms with van der Waals surface area (Å²) in [6.07, 6.45) is 7.02. The first-order valence-corrected chi connectivity index (χ1v) is 16.4. The Labute approximate surface area is 255 Å². The van der Waals surface area contributed by atoms with Crippen LogP contribution in [0.3, 0.4) is 0 Å². The van der Waals surface area contributed by atoms with Crippen LogP contribution in [0.5, 0.6) is 0 Å². The molecule has 3 aromatic rings. The average molecular weight is 587 g/mol. The van der Waals surface area contributed by atoms with Gasteiger partial charge in [-0.15, -0.1) is 0 Å². The molecule has 2 aliphatic heterocycles. The number of rotatable bonds is 11. The van der Waals surface area contributed by atoms with Gasteiger partial charge in [-0.2, -0.15) is 5.10 Å². The second-order valence-electron chi connectivity index (χ2n) is 13.3. The number of aryl methyl sites for hydroxylation is 1. The summed E-state index contributed by atoms with van der Waals surface area (Å²) in [4.78, 5) is 17.5. The van der Waals surface area contributed by atoms with Crippen LogP contribution in [-0.4, -0.2) is 69.4 Å². The predicted octanol–water partition coefficient (Wildman–Crippen LogP) is 6.56. The summed E-state index contributed by atoms with van der Waals surface area (Å²) in [7, 11) is 0. The van der Waals surface area contributed by atoms with Gasteiger partial charge in [0.1, 0.15) is 11.9 Å². The lowest BCUT2D eigenvalue weighted by atomic mass is 9.62. The zero-order chi connectivity index (χ0) is 30.0. The second-order valence-corrected chi connectivity index (χ2v) is 13.3. The SMILES string of the molecule is CCn1nc(Cc2ccccc2)cc1C1CCN(C[C@H]2CN([C@@H](C(=O)O)C3(CC)CCC3)C[C@@H]2c2cccc(F)c2)CC1. The molecule has 3 atom stereocenters. The molecule has 230 valence electrons. The lowest BCUT2D eigenvalue weighted by molar-refractivity contribution is -0.152. The quantitative estimate of drug-likeness (QED) is 0.276. The van der Waals surface area contributed by atoms with E-state index in [1.165, 1.54) is 17.3 Å². The van der Waals surface area contributed by atoms with E-state index in [1.807, 2.05) is 6.07 Å². The first-order valence-electron chi connectivity index (χ1n) is 16.4. The highest BCUT2D eigenvalue weighted by Gasteiger charge is 2.52. The fourth-order valence-corrected chi connectivity index (χ4v) is 8.38. The van der Waals surface area contributed by atoms with Crippen LogP contribution in [0.25, 0.3) is 0 Å². The number of carboxylic acid groups (broad SMARTS) is 1. The van der Waals surface area contributed by atoms with Crippen molar-refractivity contribution >= 4 is 5.97 Å². The molecule has 1 aliphatic carbocycles. The van der Waals surface area contributed by atoms with Crippen LogP contribution in [0.4, 0.5) is 4.39 Å². The summed E-state index contributed by atoms with van der Waals surface area (Å²) >= 11 is 0. The maximum absolute atomic E-state index is 14.4. The van der Waals surface area contributed by atoms with Crippen molar-refractivity contribution in [2.75, 3.05) is 32.7 Å². The van der Waals surface area contributed by atoms with Crippen molar-refractivity contribution in [3.8, 4) is 0 Å². The van der Waals surface area contributed by atoms with Gasteiger partial charge in [-0.1, -0.05) is 55.8 Å². The fraction of sp³-hybridized carbons (Fsp3) is 0.556. The minimum Gasteiger partial charge on any atom is -0.480 e. The summed E-state index contributed by atoms with van der Waals surface area (Å²) in [5, 5.41) is 15.4. The smallest absolute Gasteiger partial charge is 0.321 e. The number of aliphatic carboxylic acids is 1. The molecule has 1 N–H and O–H groups in total. The zero-order valence-electron chi connectivity index (χ0n) is 25.8. The van der Waals surface area contributed by atoms with Crippen molar-refractivity contribution in [2.24, 2.45) is 11.3 Å². The second kappa shape index (κ2) is 12.9. The van der Waals surface area contributed by atoms with E-state index < -0.39 is 12.0 Å². The molecule has 3 fully saturated rings. The van der Waals surface area contributed by atoms with Gasteiger partial charge in [0.2, 0.25) is 0 Å². The van der Waals surface area contributed by atoms with Gasteiger partial charge in [-0.25, -0.2) is 4.39 Å². The molecular formula is C36H47FN4O2. The predicted molar refractivity (Wildman–Crippen MR) is 168 cm³/mol. The van der Waals surface area contributed by atoms with Gasteiger partial charge in [0.15, 0.2) is 0 Å². The maximum Gasteiger partial charge on any atom is 0.321 e. The number of piperidine rings is 1. The first kappa shape index (κ1) is 30.0. The van der Waals surface area contributed by atoms with E-state index in [4.69, 9.17) is 5.10 Å². The van der Waals surface area contributed by atoms with E-state index in [9.17, 15) is 14.3 Å². The average Bonchev–Trinajstić information content (AvgIpc) is 3.59. The Morgan fingerprint density at radius 3 is 2.44 bits per heavy atom. The van der Waals surface area contributed by atoms with Crippen molar-refractivity contribution in [1.82, 2.24) is 19.6 Å². The molecule has 0 unspecified atom stereocenters. The monoisotopic (exact) mass is 586 g/mol. The molecular weight excluding hydrogens is 539 g/mol. The van der Waals surface area contributed by atoms with Crippen LogP contribution in [-0.2, 0) is 17.8 Å². The standard InChI is InChI=1S/C36H47FN4O2/c1-3-36(16-9-17-36)34(35(42)43)40-24-29(32(25-40)28-12-8-13-30(37)21-28)23-39-18-14-27(15-19-39)33-22-31(38-41(33)4-2)20-26-10-6-5-7-11-26/h5-8,10-13,21-22,27,29,32,34H,3-4,9,14-20,23-25H2,1-2H3,(H,42,43)/t29-,32+,34-/m0/s1. The van der Waals surface area contributed by atoms with Gasteiger partial charge < -0.3 is 10.0 Å². The van der Waals surface area contributed by atoms with Crippen LogP contribution >= 0.6 is 0 Å². The summed E-state index contributed by atoms with van der Waals surface area (Å²) in [6, 6.07) is 19.4. The summed E-state index contributed by atoms with van der Waals surface area (Å²) in [6.45, 7) is 9.58. The maximum atomic E-state index is 14.4. The van der Waals surface area contributed by atoms with Crippen LogP contribution in [0.15, 0.2) is 60.7 Å². The van der Waals surface area contributed by atoms with E-state index >= 15 is 0 Å². The molecule has 6 nitrogen and oxygen atoms in total. The van der Waals surface area contributed by atoms with Crippen LogP contribution in [0, 0.1) is 17.2 Å². The van der Waals surface area contributed by atoms with E-state index in [0.717, 1.165) is 88.9 Å². The molecule has 7 heteroatoms. The molecule has 43 heavy (non-hydrogen) atoms. The van der Waals surface area contributed by atoms with Gasteiger partial charge in [0.05, 0.1) is 5.69 Å². The number of carboxylic acids is 1. The molecule has 2 aromatic carbocycles. The Kier molecular flexibility index (Phi) is 9.01. The number of likely N-dealkylation sites (tertiary alicyclic amines) is 2. The summed E-state index contributed by atoms with van der Waals surface area (Å²) in [5.74, 6) is -0.0143. The lowest BCUT2D eigenvalue weighted by Gasteiger charge is -2.48. The third-order valence-corrected chi connectivity index (χ3v) is 10.9. The van der Waals surface area contributed by atoms with Crippen molar-refractivity contribution < 1.29 is 14.3 Å². The van der Waals surface area contributed by atoms with Crippen LogP contribution in [0.1, 0.15) is 86.7 Å². The van der Waals surface area contributed by atoms with Gasteiger partial charge in [0.25, 0.3) is 0 Å². The number of carbonyl (C=O) groups is 1. The minimum absolute atomic E-state index is 0.131. The van der Waals surface area contributed by atoms with E-state index in [0.29, 0.717) is 12.5 Å². The van der Waals surface area contributed by atoms with Crippen molar-refractivity contribution in [3.05, 3.63) is 89.0 Å². The molecule has 0 radical (unpaired) electrons. The van der Waals surface area contributed by atoms with Crippen LogP contribution in [0.2, 0.25) is 0 Å². The van der Waals surface area contributed by atoms with Crippen molar-refractivity contribution in [3.63, 3.8) is 0 Å². The fourth-order valence-electron chi connectivity index (χ4n) is 8.38.